The molecule has 24 heavy (non-hydrogen) atoms. The number of primary amides is 1. The Morgan fingerprint density at radius 2 is 1.96 bits per heavy atom. The number of hydrogen-bond acceptors (Lipinski definition) is 5. The number of benzene rings is 1. The maximum atomic E-state index is 12.4. The molecule has 0 fully saturated rings. The van der Waals surface area contributed by atoms with Crippen LogP contribution in [0.15, 0.2) is 53.3 Å². The van der Waals surface area contributed by atoms with E-state index in [1.54, 1.807) is 30.5 Å². The summed E-state index contributed by atoms with van der Waals surface area (Å²) in [5.41, 5.74) is 7.49. The summed E-state index contributed by atoms with van der Waals surface area (Å²) in [7, 11) is 0. The highest BCUT2D eigenvalue weighted by Crippen LogP contribution is 2.28. The number of amides is 2. The Morgan fingerprint density at radius 1 is 1.17 bits per heavy atom. The van der Waals surface area contributed by atoms with Gasteiger partial charge in [-0.05, 0) is 30.7 Å². The van der Waals surface area contributed by atoms with Crippen molar-refractivity contribution >= 4 is 17.7 Å². The number of nitrogens with two attached hydrogens (primary N) is 1. The number of carbonyl (C=O) groups excluding carboxylic acids is 2. The molecule has 7 heteroatoms. The standard InChI is InChI=1S/C17H14N4O3/c1-10-5-2-3-7-12(10)16(23)20-17-13(15(18)22)14(21-24-17)11-6-4-8-19-9-11/h2-9H,1H3,(H2,18,22)(H,20,23). The maximum Gasteiger partial charge on any atom is 0.258 e. The van der Waals surface area contributed by atoms with Gasteiger partial charge in [-0.25, -0.2) is 0 Å². The smallest absolute Gasteiger partial charge is 0.258 e. The van der Waals surface area contributed by atoms with Crippen LogP contribution in [0, 0.1) is 6.92 Å². The molecule has 3 rings (SSSR count). The monoisotopic (exact) mass is 322 g/mol. The summed E-state index contributed by atoms with van der Waals surface area (Å²) in [5, 5.41) is 6.40. The third kappa shape index (κ3) is 2.87. The average Bonchev–Trinajstić information content (AvgIpc) is 2.99. The van der Waals surface area contributed by atoms with Crippen molar-refractivity contribution in [3.8, 4) is 11.3 Å². The van der Waals surface area contributed by atoms with Crippen molar-refractivity contribution in [2.24, 2.45) is 5.73 Å². The number of hydrogen-bond donors (Lipinski definition) is 2. The molecule has 0 radical (unpaired) electrons. The lowest BCUT2D eigenvalue weighted by molar-refractivity contribution is 0.100. The molecule has 7 nitrogen and oxygen atoms in total. The van der Waals surface area contributed by atoms with Gasteiger partial charge in [0.25, 0.3) is 11.8 Å². The van der Waals surface area contributed by atoms with Crippen molar-refractivity contribution in [2.75, 3.05) is 5.32 Å². The van der Waals surface area contributed by atoms with Crippen LogP contribution in [-0.4, -0.2) is 22.0 Å². The van der Waals surface area contributed by atoms with Crippen molar-refractivity contribution in [3.63, 3.8) is 0 Å². The molecule has 3 aromatic rings. The Labute approximate surface area is 137 Å². The Kier molecular flexibility index (Phi) is 4.07. The Bertz CT molecular complexity index is 903. The molecule has 0 spiro atoms. The van der Waals surface area contributed by atoms with Crippen molar-refractivity contribution in [2.45, 2.75) is 6.92 Å². The van der Waals surface area contributed by atoms with Crippen molar-refractivity contribution in [1.29, 1.82) is 0 Å². The van der Waals surface area contributed by atoms with Crippen molar-refractivity contribution in [3.05, 3.63) is 65.5 Å². The predicted molar refractivity (Wildman–Crippen MR) is 87.4 cm³/mol. The first-order valence-corrected chi connectivity index (χ1v) is 7.14. The topological polar surface area (TPSA) is 111 Å². The van der Waals surface area contributed by atoms with Crippen LogP contribution in [0.3, 0.4) is 0 Å². The molecule has 0 aliphatic heterocycles. The van der Waals surface area contributed by atoms with Gasteiger partial charge in [-0.1, -0.05) is 23.4 Å². The lowest BCUT2D eigenvalue weighted by Crippen LogP contribution is -2.18. The molecule has 2 aromatic heterocycles. The normalized spacial score (nSPS) is 10.4. The zero-order valence-corrected chi connectivity index (χ0v) is 12.8. The maximum absolute atomic E-state index is 12.4. The van der Waals surface area contributed by atoms with Gasteiger partial charge in [-0.3, -0.25) is 19.9 Å². The fourth-order valence-electron chi connectivity index (χ4n) is 2.30. The molecule has 0 saturated heterocycles. The quantitative estimate of drug-likeness (QED) is 0.766. The largest absolute Gasteiger partial charge is 0.365 e. The minimum Gasteiger partial charge on any atom is -0.365 e. The van der Waals surface area contributed by atoms with Gasteiger partial charge in [0, 0.05) is 23.5 Å². The van der Waals surface area contributed by atoms with Gasteiger partial charge in [0.05, 0.1) is 0 Å². The molecule has 0 bridgehead atoms. The zero-order chi connectivity index (χ0) is 17.1. The Morgan fingerprint density at radius 3 is 2.62 bits per heavy atom. The van der Waals surface area contributed by atoms with Gasteiger partial charge >= 0.3 is 0 Å². The zero-order valence-electron chi connectivity index (χ0n) is 12.8. The summed E-state index contributed by atoms with van der Waals surface area (Å²) in [4.78, 5) is 28.2. The van der Waals surface area contributed by atoms with Crippen LogP contribution in [-0.2, 0) is 0 Å². The first-order valence-electron chi connectivity index (χ1n) is 7.14. The van der Waals surface area contributed by atoms with Crippen LogP contribution >= 0.6 is 0 Å². The van der Waals surface area contributed by atoms with Gasteiger partial charge in [0.15, 0.2) is 0 Å². The fraction of sp³-hybridized carbons (Fsp3) is 0.0588. The summed E-state index contributed by atoms with van der Waals surface area (Å²) in [6, 6.07) is 10.5. The van der Waals surface area contributed by atoms with Crippen LogP contribution in [0.5, 0.6) is 0 Å². The SMILES string of the molecule is Cc1ccccc1C(=O)Nc1onc(-c2cccnc2)c1C(N)=O. The summed E-state index contributed by atoms with van der Waals surface area (Å²) >= 11 is 0. The van der Waals surface area contributed by atoms with E-state index >= 15 is 0 Å². The Hall–Kier alpha value is -3.48. The minimum atomic E-state index is -0.754. The van der Waals surface area contributed by atoms with Crippen molar-refractivity contribution < 1.29 is 14.1 Å². The molecular weight excluding hydrogens is 308 g/mol. The third-order valence-electron chi connectivity index (χ3n) is 3.49. The van der Waals surface area contributed by atoms with Gasteiger partial charge < -0.3 is 10.3 Å². The molecule has 2 amide bonds. The highest BCUT2D eigenvalue weighted by Gasteiger charge is 2.24. The second-order valence-corrected chi connectivity index (χ2v) is 5.11. The molecule has 0 unspecified atom stereocenters. The molecular formula is C17H14N4O3. The minimum absolute atomic E-state index is 0.00457. The van der Waals surface area contributed by atoms with E-state index in [2.05, 4.69) is 15.5 Å². The van der Waals surface area contributed by atoms with E-state index in [0.29, 0.717) is 11.1 Å². The Balaban J connectivity index is 1.98. The fourth-order valence-corrected chi connectivity index (χ4v) is 2.30. The second-order valence-electron chi connectivity index (χ2n) is 5.11. The van der Waals surface area contributed by atoms with Gasteiger partial charge in [-0.2, -0.15) is 0 Å². The number of pyridine rings is 1. The van der Waals surface area contributed by atoms with Crippen LogP contribution in [0.4, 0.5) is 5.88 Å². The highest BCUT2D eigenvalue weighted by atomic mass is 16.5. The summed E-state index contributed by atoms with van der Waals surface area (Å²) in [5.74, 6) is -1.26. The van der Waals surface area contributed by atoms with E-state index < -0.39 is 11.8 Å². The first kappa shape index (κ1) is 15.4. The second kappa shape index (κ2) is 6.33. The highest BCUT2D eigenvalue weighted by molar-refractivity contribution is 6.10. The molecule has 0 aliphatic rings. The van der Waals surface area contributed by atoms with E-state index in [9.17, 15) is 9.59 Å². The number of rotatable bonds is 4. The molecule has 0 saturated carbocycles. The molecule has 1 aromatic carbocycles. The molecule has 2 heterocycles. The molecule has 120 valence electrons. The van der Waals surface area contributed by atoms with Crippen LogP contribution in [0.2, 0.25) is 0 Å². The van der Waals surface area contributed by atoms with E-state index in [1.807, 2.05) is 19.1 Å². The summed E-state index contributed by atoms with van der Waals surface area (Å²) in [6.45, 7) is 1.81. The number of aryl methyl sites for hydroxylation is 1. The van der Waals surface area contributed by atoms with Crippen LogP contribution in [0.1, 0.15) is 26.3 Å². The van der Waals surface area contributed by atoms with Gasteiger partial charge in [0.1, 0.15) is 11.3 Å². The number of carbonyl (C=O) groups is 2. The molecule has 3 N–H and O–H groups in total. The van der Waals surface area contributed by atoms with Crippen molar-refractivity contribution in [1.82, 2.24) is 10.1 Å². The summed E-state index contributed by atoms with van der Waals surface area (Å²) in [6.07, 6.45) is 3.12. The number of nitrogens with zero attached hydrogens (tertiary/aromatic N) is 2. The third-order valence-corrected chi connectivity index (χ3v) is 3.49. The van der Waals surface area contributed by atoms with E-state index in [0.717, 1.165) is 5.56 Å². The lowest BCUT2D eigenvalue weighted by atomic mass is 10.1. The van der Waals surface area contributed by atoms with E-state index in [-0.39, 0.29) is 17.1 Å². The number of nitrogens with one attached hydrogen (secondary N) is 1. The lowest BCUT2D eigenvalue weighted by Gasteiger charge is -2.05. The molecule has 0 aliphatic carbocycles. The van der Waals surface area contributed by atoms with E-state index in [4.69, 9.17) is 10.3 Å². The predicted octanol–water partition coefficient (Wildman–Crippen LogP) is 2.40. The van der Waals surface area contributed by atoms with E-state index in [1.165, 1.54) is 6.20 Å². The van der Waals surface area contributed by atoms with Crippen LogP contribution in [0.25, 0.3) is 11.3 Å². The van der Waals surface area contributed by atoms with Crippen LogP contribution < -0.4 is 11.1 Å². The summed E-state index contributed by atoms with van der Waals surface area (Å²) < 4.78 is 5.13. The molecule has 0 atom stereocenters. The van der Waals surface area contributed by atoms with Gasteiger partial charge in [0.2, 0.25) is 5.88 Å². The average molecular weight is 322 g/mol. The van der Waals surface area contributed by atoms with Gasteiger partial charge in [-0.15, -0.1) is 0 Å². The first-order chi connectivity index (χ1) is 11.6. The number of anilines is 1. The number of aromatic nitrogens is 2.